The summed E-state index contributed by atoms with van der Waals surface area (Å²) in [7, 11) is 1.27. The van der Waals surface area contributed by atoms with Gasteiger partial charge in [0.2, 0.25) is 5.78 Å². The average Bonchev–Trinajstić information content (AvgIpc) is 2.59. The van der Waals surface area contributed by atoms with Crippen LogP contribution in [0.5, 0.6) is 5.75 Å². The third-order valence-corrected chi connectivity index (χ3v) is 3.45. The van der Waals surface area contributed by atoms with Crippen LogP contribution in [-0.2, 0) is 16.6 Å². The maximum absolute atomic E-state index is 12.8. The molecule has 0 spiro atoms. The molecule has 9 nitrogen and oxygen atoms in total. The number of aromatic amines is 1. The van der Waals surface area contributed by atoms with Crippen LogP contribution in [0.2, 0.25) is 0 Å². The van der Waals surface area contributed by atoms with Gasteiger partial charge < -0.3 is 15.2 Å². The summed E-state index contributed by atoms with van der Waals surface area (Å²) in [4.78, 5) is 49.0. The van der Waals surface area contributed by atoms with Crippen molar-refractivity contribution in [3.8, 4) is 5.75 Å². The molecule has 3 N–H and O–H groups in total. The second-order valence-electron chi connectivity index (χ2n) is 5.32. The van der Waals surface area contributed by atoms with E-state index in [1.54, 1.807) is 0 Å². The summed E-state index contributed by atoms with van der Waals surface area (Å²) in [6.45, 7) is 0.616. The molecule has 0 saturated heterocycles. The predicted octanol–water partition coefficient (Wildman–Crippen LogP) is -0.0117. The van der Waals surface area contributed by atoms with Gasteiger partial charge in [0.15, 0.2) is 12.7 Å². The number of carbonyl (C=O) groups is 2. The molecule has 0 aliphatic heterocycles. The number of nitrogens with zero attached hydrogens (tertiary/aromatic N) is 1. The first-order chi connectivity index (χ1) is 12.2. The average molecular weight is 365 g/mol. The quantitative estimate of drug-likeness (QED) is 0.543. The number of carbonyl (C=O) groups excluding carboxylic acids is 2. The Hall–Kier alpha value is -3.43. The molecule has 2 aromatic rings. The first-order valence-corrected chi connectivity index (χ1v) is 7.41. The van der Waals surface area contributed by atoms with Crippen LogP contribution in [0.3, 0.4) is 0 Å². The minimum absolute atomic E-state index is 0.237. The second kappa shape index (κ2) is 7.64. The van der Waals surface area contributed by atoms with E-state index < -0.39 is 47.1 Å². The van der Waals surface area contributed by atoms with Crippen molar-refractivity contribution in [1.82, 2.24) is 9.55 Å². The molecule has 0 unspecified atom stereocenters. The Bertz CT molecular complexity index is 948. The number of ketones is 1. The van der Waals surface area contributed by atoms with E-state index in [2.05, 4.69) is 0 Å². The van der Waals surface area contributed by atoms with Crippen LogP contribution < -0.4 is 21.7 Å². The van der Waals surface area contributed by atoms with E-state index in [1.807, 2.05) is 4.98 Å². The predicted molar refractivity (Wildman–Crippen MR) is 88.5 cm³/mol. The van der Waals surface area contributed by atoms with Crippen LogP contribution in [0, 0.1) is 5.82 Å². The molecule has 0 aliphatic carbocycles. The highest BCUT2D eigenvalue weighted by atomic mass is 19.1. The van der Waals surface area contributed by atoms with Gasteiger partial charge in [-0.2, -0.15) is 0 Å². The van der Waals surface area contributed by atoms with Crippen LogP contribution >= 0.6 is 0 Å². The fourth-order valence-electron chi connectivity index (χ4n) is 2.00. The lowest BCUT2D eigenvalue weighted by atomic mass is 10.2. The van der Waals surface area contributed by atoms with E-state index in [-0.39, 0.29) is 11.6 Å². The van der Waals surface area contributed by atoms with Crippen molar-refractivity contribution < 1.29 is 23.5 Å². The Kier molecular flexibility index (Phi) is 5.55. The van der Waals surface area contributed by atoms with Crippen molar-refractivity contribution in [2.45, 2.75) is 13.0 Å². The molecule has 0 fully saturated rings. The third-order valence-electron chi connectivity index (χ3n) is 3.45. The molecule has 2 rings (SSSR count). The lowest BCUT2D eigenvalue weighted by molar-refractivity contribution is -0.149. The van der Waals surface area contributed by atoms with Crippen LogP contribution in [0.25, 0.3) is 0 Å². The number of aromatic nitrogens is 2. The zero-order valence-electron chi connectivity index (χ0n) is 13.9. The van der Waals surface area contributed by atoms with Crippen LogP contribution in [0.4, 0.5) is 10.2 Å². The van der Waals surface area contributed by atoms with Crippen LogP contribution in [-0.4, -0.2) is 34.0 Å². The minimum Gasteiger partial charge on any atom is -0.479 e. The van der Waals surface area contributed by atoms with Crippen LogP contribution in [0.1, 0.15) is 17.3 Å². The number of hydrogen-bond donors (Lipinski definition) is 2. The van der Waals surface area contributed by atoms with Gasteiger partial charge in [-0.3, -0.25) is 19.1 Å². The van der Waals surface area contributed by atoms with E-state index in [0.717, 1.165) is 16.7 Å². The van der Waals surface area contributed by atoms with E-state index in [0.29, 0.717) is 0 Å². The number of anilines is 1. The van der Waals surface area contributed by atoms with Crippen molar-refractivity contribution in [2.24, 2.45) is 7.05 Å². The zero-order valence-corrected chi connectivity index (χ0v) is 13.9. The van der Waals surface area contributed by atoms with Crippen molar-refractivity contribution in [3.05, 3.63) is 56.5 Å². The topological polar surface area (TPSA) is 133 Å². The molecular weight excluding hydrogens is 349 g/mol. The monoisotopic (exact) mass is 365 g/mol. The first-order valence-electron chi connectivity index (χ1n) is 7.41. The van der Waals surface area contributed by atoms with E-state index in [1.165, 1.54) is 26.1 Å². The van der Waals surface area contributed by atoms with E-state index >= 15 is 0 Å². The number of nitrogens with two attached hydrogens (primary N) is 1. The van der Waals surface area contributed by atoms with Gasteiger partial charge in [-0.05, 0) is 31.2 Å². The molecule has 0 bridgehead atoms. The van der Waals surface area contributed by atoms with Gasteiger partial charge in [-0.15, -0.1) is 0 Å². The van der Waals surface area contributed by atoms with Gasteiger partial charge in [-0.1, -0.05) is 0 Å². The largest absolute Gasteiger partial charge is 0.479 e. The SMILES string of the molecule is C[C@@H](Oc1ccc(F)cc1)C(=O)OCC(=O)c1c(N)n(C)c(=O)[nH]c1=O. The lowest BCUT2D eigenvalue weighted by Gasteiger charge is -2.14. The van der Waals surface area contributed by atoms with Crippen molar-refractivity contribution in [2.75, 3.05) is 12.3 Å². The highest BCUT2D eigenvalue weighted by Gasteiger charge is 2.22. The van der Waals surface area contributed by atoms with Gasteiger partial charge >= 0.3 is 11.7 Å². The van der Waals surface area contributed by atoms with Gasteiger partial charge in [0.1, 0.15) is 22.9 Å². The van der Waals surface area contributed by atoms with Crippen molar-refractivity contribution >= 4 is 17.6 Å². The Morgan fingerprint density at radius 3 is 2.50 bits per heavy atom. The zero-order chi connectivity index (χ0) is 19.4. The Morgan fingerprint density at radius 1 is 1.27 bits per heavy atom. The van der Waals surface area contributed by atoms with Gasteiger partial charge in [0.25, 0.3) is 5.56 Å². The van der Waals surface area contributed by atoms with E-state index in [4.69, 9.17) is 15.2 Å². The maximum atomic E-state index is 12.8. The summed E-state index contributed by atoms with van der Waals surface area (Å²) in [6, 6.07) is 4.97. The minimum atomic E-state index is -1.08. The Morgan fingerprint density at radius 2 is 1.88 bits per heavy atom. The summed E-state index contributed by atoms with van der Waals surface area (Å²) in [5.41, 5.74) is 3.37. The summed E-state index contributed by atoms with van der Waals surface area (Å²) in [6.07, 6.45) is -1.08. The second-order valence-corrected chi connectivity index (χ2v) is 5.32. The smallest absolute Gasteiger partial charge is 0.347 e. The molecule has 0 aliphatic rings. The van der Waals surface area contributed by atoms with Gasteiger partial charge in [0.05, 0.1) is 0 Å². The molecule has 0 amide bonds. The standard InChI is InChI=1S/C16H16FN3O6/c1-8(26-10-5-3-9(17)4-6-10)15(23)25-7-11(21)12-13(18)20(2)16(24)19-14(12)22/h3-6,8H,7,18H2,1-2H3,(H,19,22,24)/t8-/m1/s1. The molecule has 0 radical (unpaired) electrons. The molecule has 1 aromatic heterocycles. The molecule has 138 valence electrons. The number of rotatable bonds is 6. The molecule has 1 atom stereocenters. The highest BCUT2D eigenvalue weighted by molar-refractivity contribution is 6.01. The maximum Gasteiger partial charge on any atom is 0.347 e. The van der Waals surface area contributed by atoms with Gasteiger partial charge in [0, 0.05) is 7.05 Å². The highest BCUT2D eigenvalue weighted by Crippen LogP contribution is 2.13. The summed E-state index contributed by atoms with van der Waals surface area (Å²) in [5.74, 6) is -2.31. The number of benzene rings is 1. The lowest BCUT2D eigenvalue weighted by Crippen LogP contribution is -2.36. The summed E-state index contributed by atoms with van der Waals surface area (Å²) < 4.78 is 23.8. The number of hydrogen-bond acceptors (Lipinski definition) is 7. The molecule has 26 heavy (non-hydrogen) atoms. The molecule has 1 aromatic carbocycles. The number of nitrogen functional groups attached to an aromatic ring is 1. The third kappa shape index (κ3) is 4.15. The van der Waals surface area contributed by atoms with E-state index in [9.17, 15) is 23.6 Å². The fourth-order valence-corrected chi connectivity index (χ4v) is 2.00. The van der Waals surface area contributed by atoms with Crippen LogP contribution in [0.15, 0.2) is 33.9 Å². The molecule has 0 saturated carbocycles. The molecule has 10 heteroatoms. The molecular formula is C16H16FN3O6. The van der Waals surface area contributed by atoms with Crippen molar-refractivity contribution in [3.63, 3.8) is 0 Å². The number of esters is 1. The fraction of sp³-hybridized carbons (Fsp3) is 0.250. The first kappa shape index (κ1) is 18.9. The van der Waals surface area contributed by atoms with Gasteiger partial charge in [-0.25, -0.2) is 14.0 Å². The number of H-pyrrole nitrogens is 1. The number of halogens is 1. The Balaban J connectivity index is 2.02. The Labute approximate surface area is 146 Å². The number of nitrogens with one attached hydrogen (secondary N) is 1. The summed E-state index contributed by atoms with van der Waals surface area (Å²) >= 11 is 0. The molecule has 1 heterocycles. The number of ether oxygens (including phenoxy) is 2. The number of Topliss-reactive ketones (excluding diaryl/α,β-unsaturated/α-hetero) is 1. The van der Waals surface area contributed by atoms with Crippen molar-refractivity contribution in [1.29, 1.82) is 0 Å². The normalized spacial score (nSPS) is 11.7. The summed E-state index contributed by atoms with van der Waals surface area (Å²) in [5, 5.41) is 0.